The predicted octanol–water partition coefficient (Wildman–Crippen LogP) is 2.34. The molecule has 2 fully saturated rings. The monoisotopic (exact) mass is 501 g/mol. The summed E-state index contributed by atoms with van der Waals surface area (Å²) in [6, 6.07) is 14.1. The van der Waals surface area contributed by atoms with Gasteiger partial charge in [0.2, 0.25) is 11.8 Å². The van der Waals surface area contributed by atoms with E-state index in [9.17, 15) is 19.2 Å². The molecule has 10 heteroatoms. The number of nitrogens with one attached hydrogen (secondary N) is 2. The van der Waals surface area contributed by atoms with Crippen molar-refractivity contribution in [2.45, 2.75) is 13.5 Å². The summed E-state index contributed by atoms with van der Waals surface area (Å²) in [5, 5.41) is 6.14. The normalized spacial score (nSPS) is 16.9. The maximum absolute atomic E-state index is 13.0. The van der Waals surface area contributed by atoms with Crippen molar-refractivity contribution in [2.75, 3.05) is 38.2 Å². The van der Waals surface area contributed by atoms with Crippen molar-refractivity contribution < 1.29 is 23.9 Å². The molecule has 2 aliphatic rings. The van der Waals surface area contributed by atoms with Gasteiger partial charge in [-0.3, -0.25) is 14.4 Å². The molecule has 2 aliphatic heterocycles. The highest BCUT2D eigenvalue weighted by molar-refractivity contribution is 6.16. The highest BCUT2D eigenvalue weighted by atomic mass is 16.5. The summed E-state index contributed by atoms with van der Waals surface area (Å²) in [5.74, 6) is -1.08. The Balaban J connectivity index is 1.34. The Morgan fingerprint density at radius 2 is 1.76 bits per heavy atom. The molecule has 3 aromatic rings. The number of rotatable bonds is 6. The van der Waals surface area contributed by atoms with Crippen LogP contribution < -0.4 is 10.6 Å². The van der Waals surface area contributed by atoms with E-state index in [0.29, 0.717) is 37.6 Å². The van der Waals surface area contributed by atoms with E-state index >= 15 is 0 Å². The zero-order chi connectivity index (χ0) is 25.9. The number of carbonyl (C=O) groups is 4. The maximum Gasteiger partial charge on any atom is 0.329 e. The highest BCUT2D eigenvalue weighted by Gasteiger charge is 2.35. The largest absolute Gasteiger partial charge is 0.378 e. The van der Waals surface area contributed by atoms with E-state index in [1.165, 1.54) is 0 Å². The molecule has 2 N–H and O–H groups in total. The number of nitrogens with zero attached hydrogens (tertiary/aromatic N) is 3. The molecule has 0 saturated carbocycles. The van der Waals surface area contributed by atoms with Gasteiger partial charge in [-0.15, -0.1) is 0 Å². The van der Waals surface area contributed by atoms with E-state index in [2.05, 4.69) is 10.6 Å². The van der Waals surface area contributed by atoms with Crippen molar-refractivity contribution >= 4 is 46.4 Å². The van der Waals surface area contributed by atoms with E-state index in [4.69, 9.17) is 4.74 Å². The summed E-state index contributed by atoms with van der Waals surface area (Å²) in [4.78, 5) is 53.6. The van der Waals surface area contributed by atoms with Crippen LogP contribution in [0.15, 0.2) is 60.4 Å². The van der Waals surface area contributed by atoms with Crippen LogP contribution in [0.2, 0.25) is 0 Å². The molecule has 190 valence electrons. The third-order valence-corrected chi connectivity index (χ3v) is 6.47. The van der Waals surface area contributed by atoms with Crippen LogP contribution in [0.1, 0.15) is 11.1 Å². The lowest BCUT2D eigenvalue weighted by atomic mass is 10.1. The Kier molecular flexibility index (Phi) is 6.74. The van der Waals surface area contributed by atoms with Gasteiger partial charge in [0, 0.05) is 41.4 Å². The number of hydrogen-bond acceptors (Lipinski definition) is 5. The fourth-order valence-corrected chi connectivity index (χ4v) is 4.50. The number of aromatic nitrogens is 1. The molecule has 0 radical (unpaired) electrons. The number of ether oxygens (including phenoxy) is 1. The molecule has 3 heterocycles. The second kappa shape index (κ2) is 10.3. The second-order valence-corrected chi connectivity index (χ2v) is 8.97. The van der Waals surface area contributed by atoms with Gasteiger partial charge in [-0.1, -0.05) is 36.4 Å². The lowest BCUT2D eigenvalue weighted by molar-refractivity contribution is -0.135. The number of aryl methyl sites for hydroxylation is 1. The maximum atomic E-state index is 13.0. The Morgan fingerprint density at radius 1 is 1.03 bits per heavy atom. The van der Waals surface area contributed by atoms with Crippen LogP contribution in [0.25, 0.3) is 17.0 Å². The van der Waals surface area contributed by atoms with Gasteiger partial charge in [0.1, 0.15) is 18.8 Å². The molecular formula is C27H27N5O5. The first-order valence-electron chi connectivity index (χ1n) is 12.0. The number of carbonyl (C=O) groups excluding carboxylic acids is 4. The molecule has 2 saturated heterocycles. The minimum Gasteiger partial charge on any atom is -0.378 e. The summed E-state index contributed by atoms with van der Waals surface area (Å²) in [5.41, 5.74) is 3.07. The third-order valence-electron chi connectivity index (χ3n) is 6.47. The van der Waals surface area contributed by atoms with Gasteiger partial charge in [-0.25, -0.2) is 9.69 Å². The summed E-state index contributed by atoms with van der Waals surface area (Å²) in [7, 11) is 0. The summed E-state index contributed by atoms with van der Waals surface area (Å²) < 4.78 is 7.17. The van der Waals surface area contributed by atoms with E-state index < -0.39 is 24.4 Å². The molecule has 10 nitrogen and oxygen atoms in total. The SMILES string of the molecule is Cc1ccccc1NC(=O)CN1C(=O)N/C(=C/c2cn(CC(=O)N3CCOCC3)c3ccccc23)C1=O. The molecule has 0 bridgehead atoms. The molecule has 0 aliphatic carbocycles. The van der Waals surface area contributed by atoms with Crippen LogP contribution in [-0.4, -0.2) is 71.0 Å². The van der Waals surface area contributed by atoms with Crippen molar-refractivity contribution in [3.05, 3.63) is 71.6 Å². The fraction of sp³-hybridized carbons (Fsp3) is 0.259. The zero-order valence-corrected chi connectivity index (χ0v) is 20.4. The van der Waals surface area contributed by atoms with Crippen LogP contribution in [0.4, 0.5) is 10.5 Å². The number of urea groups is 1. The van der Waals surface area contributed by atoms with Gasteiger partial charge in [0.05, 0.1) is 13.2 Å². The lowest BCUT2D eigenvalue weighted by Crippen LogP contribution is -2.42. The van der Waals surface area contributed by atoms with Gasteiger partial charge in [0.15, 0.2) is 0 Å². The molecule has 1 aromatic heterocycles. The van der Waals surface area contributed by atoms with Crippen LogP contribution in [0.5, 0.6) is 0 Å². The van der Waals surface area contributed by atoms with Crippen molar-refractivity contribution in [3.8, 4) is 0 Å². The second-order valence-electron chi connectivity index (χ2n) is 8.97. The average molecular weight is 502 g/mol. The van der Waals surface area contributed by atoms with E-state index in [0.717, 1.165) is 21.4 Å². The zero-order valence-electron chi connectivity index (χ0n) is 20.4. The summed E-state index contributed by atoms with van der Waals surface area (Å²) in [6.07, 6.45) is 3.38. The minimum atomic E-state index is -0.664. The Bertz CT molecular complexity index is 1420. The number of anilines is 1. The number of fused-ring (bicyclic) bond motifs is 1. The van der Waals surface area contributed by atoms with Gasteiger partial charge in [-0.05, 0) is 30.7 Å². The average Bonchev–Trinajstić information content (AvgIpc) is 3.37. The minimum absolute atomic E-state index is 0.0145. The first-order chi connectivity index (χ1) is 17.9. The molecule has 2 aromatic carbocycles. The molecule has 5 amide bonds. The van der Waals surface area contributed by atoms with Gasteiger partial charge >= 0.3 is 6.03 Å². The first-order valence-corrected chi connectivity index (χ1v) is 12.0. The van der Waals surface area contributed by atoms with Gasteiger partial charge in [-0.2, -0.15) is 0 Å². The van der Waals surface area contributed by atoms with Crippen molar-refractivity contribution in [1.82, 2.24) is 19.7 Å². The van der Waals surface area contributed by atoms with Crippen LogP contribution in [0.3, 0.4) is 0 Å². The molecule has 0 spiro atoms. The van der Waals surface area contributed by atoms with Crippen LogP contribution in [-0.2, 0) is 25.7 Å². The van der Waals surface area contributed by atoms with E-state index in [1.54, 1.807) is 29.3 Å². The number of para-hydroxylation sites is 2. The number of benzene rings is 2. The quantitative estimate of drug-likeness (QED) is 0.398. The van der Waals surface area contributed by atoms with E-state index in [1.807, 2.05) is 47.9 Å². The predicted molar refractivity (Wildman–Crippen MR) is 137 cm³/mol. The van der Waals surface area contributed by atoms with Crippen molar-refractivity contribution in [2.24, 2.45) is 0 Å². The lowest BCUT2D eigenvalue weighted by Gasteiger charge is -2.27. The van der Waals surface area contributed by atoms with Crippen molar-refractivity contribution in [3.63, 3.8) is 0 Å². The smallest absolute Gasteiger partial charge is 0.329 e. The molecule has 0 atom stereocenters. The fourth-order valence-electron chi connectivity index (χ4n) is 4.50. The molecular weight excluding hydrogens is 474 g/mol. The number of hydrogen-bond donors (Lipinski definition) is 2. The number of imide groups is 1. The van der Waals surface area contributed by atoms with Crippen LogP contribution >= 0.6 is 0 Å². The van der Waals surface area contributed by atoms with Crippen LogP contribution in [0, 0.1) is 6.92 Å². The first kappa shape index (κ1) is 24.3. The topological polar surface area (TPSA) is 113 Å². The highest BCUT2D eigenvalue weighted by Crippen LogP contribution is 2.25. The Hall–Kier alpha value is -4.44. The number of amides is 5. The Labute approximate surface area is 213 Å². The van der Waals surface area contributed by atoms with E-state index in [-0.39, 0.29) is 18.1 Å². The molecule has 0 unspecified atom stereocenters. The van der Waals surface area contributed by atoms with Crippen molar-refractivity contribution in [1.29, 1.82) is 0 Å². The van der Waals surface area contributed by atoms with Gasteiger partial charge < -0.3 is 24.8 Å². The standard InChI is InChI=1S/C27H27N5O5/c1-18-6-2-4-8-21(18)28-24(33)16-32-26(35)22(29-27(32)36)14-19-15-31(23-9-5-3-7-20(19)23)17-25(34)30-10-12-37-13-11-30/h2-9,14-15H,10-13,16-17H2,1H3,(H,28,33)(H,29,36)/b22-14+. The third kappa shape index (κ3) is 5.10. The molecule has 5 rings (SSSR count). The summed E-state index contributed by atoms with van der Waals surface area (Å²) in [6.45, 7) is 3.76. The molecule has 37 heavy (non-hydrogen) atoms. The van der Waals surface area contributed by atoms with Gasteiger partial charge in [0.25, 0.3) is 5.91 Å². The number of morpholine rings is 1. The Morgan fingerprint density at radius 3 is 2.54 bits per heavy atom. The summed E-state index contributed by atoms with van der Waals surface area (Å²) >= 11 is 0.